The maximum Gasteiger partial charge on any atom is 1.00 e. The molecule has 0 aromatic rings. The zero-order chi connectivity index (χ0) is 14.3. The maximum atomic E-state index is 9.00. The number of guanidine groups is 1. The molecule has 0 fully saturated rings. The van der Waals surface area contributed by atoms with E-state index < -0.39 is 17.9 Å². The third kappa shape index (κ3) is 1470. The standard InChI is InChI=1S/3C2H4O2.CH5N3.Na.H2O/c3*1-2(3)4;2-1(3)4;;/h3*1H3,(H,3,4);(H5,2,3,4);;1H2/q;;;;+1;/p-1. The van der Waals surface area contributed by atoms with E-state index in [9.17, 15) is 0 Å². The molecule has 0 aliphatic heterocycles. The predicted molar refractivity (Wildman–Crippen MR) is 57.0 cm³/mol. The van der Waals surface area contributed by atoms with Crippen LogP contribution in [0.25, 0.3) is 0 Å². The summed E-state index contributed by atoms with van der Waals surface area (Å²) in [4.78, 5) is 26.9. The Balaban J connectivity index is -0.0000000257. The minimum Gasteiger partial charge on any atom is -0.550 e. The van der Waals surface area contributed by atoms with Crippen molar-refractivity contribution in [2.24, 2.45) is 11.5 Å². The average Bonchev–Trinajstić information content (AvgIpc) is 1.76. The van der Waals surface area contributed by atoms with Gasteiger partial charge < -0.3 is 37.1 Å². The molecule has 0 bridgehead atoms. The molecule has 0 spiro atoms. The van der Waals surface area contributed by atoms with Crippen LogP contribution in [-0.4, -0.2) is 39.6 Å². The first kappa shape index (κ1) is 36.0. The molecule has 0 aromatic carbocycles. The molecule has 0 unspecified atom stereocenters. The SMILES string of the molecule is CC(=O)O.CC(=O)O.CC(=O)[O-].N=C(N)N.O.[Na+]. The number of hydrogen-bond acceptors (Lipinski definition) is 5. The Morgan fingerprint density at radius 1 is 1.00 bits per heavy atom. The van der Waals surface area contributed by atoms with Crippen LogP contribution in [0.15, 0.2) is 0 Å². The minimum absolute atomic E-state index is 0. The van der Waals surface area contributed by atoms with Gasteiger partial charge in [0.1, 0.15) is 0 Å². The van der Waals surface area contributed by atoms with Crippen molar-refractivity contribution in [1.82, 2.24) is 0 Å². The van der Waals surface area contributed by atoms with Crippen LogP contribution in [0.3, 0.4) is 0 Å². The van der Waals surface area contributed by atoms with Crippen LogP contribution in [0.4, 0.5) is 0 Å². The van der Waals surface area contributed by atoms with E-state index in [0.717, 1.165) is 20.8 Å². The smallest absolute Gasteiger partial charge is 0.550 e. The monoisotopic (exact) mass is 279 g/mol. The summed E-state index contributed by atoms with van der Waals surface area (Å²) in [6.07, 6.45) is 0. The Kier molecular flexibility index (Phi) is 59.1. The molecule has 104 valence electrons. The van der Waals surface area contributed by atoms with Gasteiger partial charge in [0.15, 0.2) is 5.96 Å². The topological polar surface area (TPSA) is 222 Å². The van der Waals surface area contributed by atoms with Gasteiger partial charge in [0.05, 0.1) is 0 Å². The van der Waals surface area contributed by atoms with Gasteiger partial charge in [0.2, 0.25) is 0 Å². The zero-order valence-electron chi connectivity index (χ0n) is 10.7. The molecule has 18 heavy (non-hydrogen) atoms. The molecule has 11 heteroatoms. The van der Waals surface area contributed by atoms with E-state index in [-0.39, 0.29) is 41.0 Å². The molecule has 0 saturated carbocycles. The third-order valence-electron chi connectivity index (χ3n) is 0. The van der Waals surface area contributed by atoms with Crippen LogP contribution in [0.5, 0.6) is 0 Å². The van der Waals surface area contributed by atoms with Crippen molar-refractivity contribution in [3.05, 3.63) is 0 Å². The quantitative estimate of drug-likeness (QED) is 0.162. The van der Waals surface area contributed by atoms with Crippen LogP contribution in [0.2, 0.25) is 0 Å². The first-order valence-electron chi connectivity index (χ1n) is 3.59. The molecule has 0 radical (unpaired) electrons. The Labute approximate surface area is 126 Å². The average molecular weight is 279 g/mol. The van der Waals surface area contributed by atoms with Crippen LogP contribution in [0, 0.1) is 5.41 Å². The maximum absolute atomic E-state index is 9.00. The van der Waals surface area contributed by atoms with Crippen molar-refractivity contribution in [1.29, 1.82) is 5.41 Å². The summed E-state index contributed by atoms with van der Waals surface area (Å²) in [7, 11) is 0. The summed E-state index contributed by atoms with van der Waals surface area (Å²) in [6, 6.07) is 0. The van der Waals surface area contributed by atoms with Gasteiger partial charge in [-0.3, -0.25) is 15.0 Å². The first-order valence-corrected chi connectivity index (χ1v) is 3.59. The van der Waals surface area contributed by atoms with Gasteiger partial charge in [-0.1, -0.05) is 0 Å². The van der Waals surface area contributed by atoms with Gasteiger partial charge >= 0.3 is 29.6 Å². The molecule has 0 saturated heterocycles. The summed E-state index contributed by atoms with van der Waals surface area (Å²) in [6.45, 7) is 3.14. The molecule has 0 rings (SSSR count). The van der Waals surface area contributed by atoms with Crippen molar-refractivity contribution < 1.29 is 64.7 Å². The molecule has 0 aliphatic carbocycles. The normalized spacial score (nSPS) is 5.50. The number of carbonyl (C=O) groups is 3. The van der Waals surface area contributed by atoms with Crippen molar-refractivity contribution in [3.63, 3.8) is 0 Å². The number of aliphatic carboxylic acids is 3. The largest absolute Gasteiger partial charge is 1.00 e. The molecule has 9 N–H and O–H groups in total. The van der Waals surface area contributed by atoms with Crippen LogP contribution in [0.1, 0.15) is 20.8 Å². The fraction of sp³-hybridized carbons (Fsp3) is 0.429. The van der Waals surface area contributed by atoms with Gasteiger partial charge in [0.25, 0.3) is 11.9 Å². The fourth-order valence-corrected chi connectivity index (χ4v) is 0. The number of carboxylic acids is 3. The van der Waals surface area contributed by atoms with Crippen molar-refractivity contribution >= 4 is 23.9 Å². The van der Waals surface area contributed by atoms with Crippen LogP contribution >= 0.6 is 0 Å². The summed E-state index contributed by atoms with van der Waals surface area (Å²) < 4.78 is 0. The molecular weight excluding hydrogens is 261 g/mol. The second-order valence-corrected chi connectivity index (χ2v) is 1.98. The third-order valence-corrected chi connectivity index (χ3v) is 0. The van der Waals surface area contributed by atoms with Gasteiger partial charge in [-0.05, 0) is 6.92 Å². The zero-order valence-corrected chi connectivity index (χ0v) is 12.7. The molecule has 0 aromatic heterocycles. The van der Waals surface area contributed by atoms with E-state index in [0.29, 0.717) is 0 Å². The van der Waals surface area contributed by atoms with E-state index in [4.69, 9.17) is 35.1 Å². The van der Waals surface area contributed by atoms with E-state index in [2.05, 4.69) is 11.5 Å². The number of hydrogen-bond donors (Lipinski definition) is 5. The summed E-state index contributed by atoms with van der Waals surface area (Å²) >= 11 is 0. The van der Waals surface area contributed by atoms with E-state index in [1.807, 2.05) is 0 Å². The predicted octanol–water partition coefficient (Wildman–Crippen LogP) is -6.04. The fourth-order valence-electron chi connectivity index (χ4n) is 0. The minimum atomic E-state index is -1.08. The van der Waals surface area contributed by atoms with Crippen molar-refractivity contribution in [2.75, 3.05) is 0 Å². The Morgan fingerprint density at radius 2 is 1.00 bits per heavy atom. The Hall–Kier alpha value is -1.36. The van der Waals surface area contributed by atoms with E-state index in [1.165, 1.54) is 0 Å². The van der Waals surface area contributed by atoms with E-state index >= 15 is 0 Å². The number of nitrogens with one attached hydrogen (secondary N) is 1. The van der Waals surface area contributed by atoms with Gasteiger partial charge in [-0.2, -0.15) is 0 Å². The van der Waals surface area contributed by atoms with Crippen molar-refractivity contribution in [2.45, 2.75) is 20.8 Å². The molecule has 0 atom stereocenters. The van der Waals surface area contributed by atoms with E-state index in [1.54, 1.807) is 0 Å². The van der Waals surface area contributed by atoms with Crippen molar-refractivity contribution in [3.8, 4) is 0 Å². The number of rotatable bonds is 0. The second kappa shape index (κ2) is 29.6. The molecule has 0 amide bonds. The molecule has 10 nitrogen and oxygen atoms in total. The first-order chi connectivity index (χ1) is 6.93. The van der Waals surface area contributed by atoms with Gasteiger partial charge in [-0.15, -0.1) is 0 Å². The second-order valence-electron chi connectivity index (χ2n) is 1.98. The molecular formula is C7H18N3NaO7. The van der Waals surface area contributed by atoms with Gasteiger partial charge in [-0.25, -0.2) is 0 Å². The summed E-state index contributed by atoms with van der Waals surface area (Å²) in [5.74, 6) is -3.08. The van der Waals surface area contributed by atoms with Gasteiger partial charge in [0, 0.05) is 19.8 Å². The number of carbonyl (C=O) groups excluding carboxylic acids is 1. The van der Waals surface area contributed by atoms with Crippen LogP contribution in [-0.2, 0) is 14.4 Å². The Bertz CT molecular complexity index is 171. The number of carboxylic acid groups (broad SMARTS) is 3. The molecule has 0 aliphatic rings. The molecule has 0 heterocycles. The van der Waals surface area contributed by atoms with Crippen LogP contribution < -0.4 is 46.1 Å². The summed E-state index contributed by atoms with van der Waals surface area (Å²) in [5.41, 5.74) is 8.94. The number of nitrogens with two attached hydrogens (primary N) is 2. The Morgan fingerprint density at radius 3 is 1.00 bits per heavy atom. The summed E-state index contributed by atoms with van der Waals surface area (Å²) in [5, 5.41) is 29.8.